The van der Waals surface area contributed by atoms with Crippen molar-refractivity contribution in [2.45, 2.75) is 6.18 Å². The third kappa shape index (κ3) is 5.15. The first-order chi connectivity index (χ1) is 12.6. The summed E-state index contributed by atoms with van der Waals surface area (Å²) in [4.78, 5) is 22.4. The maximum absolute atomic E-state index is 12.7. The minimum Gasteiger partial charge on any atom is -0.489 e. The van der Waals surface area contributed by atoms with E-state index in [-0.39, 0.29) is 17.0 Å². The zero-order valence-corrected chi connectivity index (χ0v) is 15.7. The number of carbonyl (C=O) groups excluding carboxylic acids is 1. The third-order valence-corrected chi connectivity index (χ3v) is 4.08. The first-order valence-corrected chi connectivity index (χ1v) is 8.24. The van der Waals surface area contributed by atoms with Gasteiger partial charge in [-0.25, -0.2) is 5.43 Å². The molecule has 0 aliphatic heterocycles. The lowest BCUT2D eigenvalue weighted by atomic mass is 10.1. The van der Waals surface area contributed by atoms with Gasteiger partial charge in [-0.3, -0.25) is 14.9 Å². The van der Waals surface area contributed by atoms with Gasteiger partial charge in [-0.1, -0.05) is 6.07 Å². The predicted octanol–water partition coefficient (Wildman–Crippen LogP) is 3.99. The van der Waals surface area contributed by atoms with Gasteiger partial charge in [-0.05, 0) is 46.9 Å². The Hall–Kier alpha value is -2.70. The molecule has 0 saturated carbocycles. The molecule has 1 N–H and O–H groups in total. The number of ether oxygens (including phenoxy) is 1. The number of halogens is 4. The van der Waals surface area contributed by atoms with Crippen LogP contribution in [0.1, 0.15) is 21.5 Å². The Morgan fingerprint density at radius 2 is 2.04 bits per heavy atom. The molecule has 0 bridgehead atoms. The fourth-order valence-electron chi connectivity index (χ4n) is 2.08. The topological polar surface area (TPSA) is 93.8 Å². The summed E-state index contributed by atoms with van der Waals surface area (Å²) < 4.78 is 43.5. The summed E-state index contributed by atoms with van der Waals surface area (Å²) in [7, 11) is 1.30. The van der Waals surface area contributed by atoms with Gasteiger partial charge in [0.05, 0.1) is 27.4 Å². The molecular weight excluding hydrogens is 482 g/mol. The van der Waals surface area contributed by atoms with Crippen molar-refractivity contribution in [3.05, 3.63) is 66.8 Å². The van der Waals surface area contributed by atoms with Crippen molar-refractivity contribution in [1.82, 2.24) is 5.43 Å². The summed E-state index contributed by atoms with van der Waals surface area (Å²) in [6.07, 6.45) is -3.43. The zero-order chi connectivity index (χ0) is 20.2. The number of nitrogens with one attached hydrogen (secondary N) is 1. The molecule has 0 radical (unpaired) electrons. The first-order valence-electron chi connectivity index (χ1n) is 7.16. The van der Waals surface area contributed by atoms with E-state index in [0.29, 0.717) is 15.2 Å². The van der Waals surface area contributed by atoms with Crippen molar-refractivity contribution in [2.75, 3.05) is 7.11 Å². The van der Waals surface area contributed by atoms with Gasteiger partial charge in [-0.15, -0.1) is 0 Å². The number of carbonyl (C=O) groups is 1. The number of amides is 1. The summed E-state index contributed by atoms with van der Waals surface area (Å²) >= 11 is 1.85. The van der Waals surface area contributed by atoms with E-state index in [2.05, 4.69) is 10.5 Å². The molecule has 2 rings (SSSR count). The van der Waals surface area contributed by atoms with Gasteiger partial charge in [0.25, 0.3) is 5.91 Å². The molecule has 0 aliphatic rings. The largest absolute Gasteiger partial charge is 0.489 e. The highest BCUT2D eigenvalue weighted by molar-refractivity contribution is 14.1. The van der Waals surface area contributed by atoms with Gasteiger partial charge in [0, 0.05) is 17.2 Å². The van der Waals surface area contributed by atoms with E-state index >= 15 is 0 Å². The van der Waals surface area contributed by atoms with Gasteiger partial charge < -0.3 is 4.74 Å². The maximum atomic E-state index is 12.7. The van der Waals surface area contributed by atoms with Crippen LogP contribution in [-0.4, -0.2) is 24.2 Å². The van der Waals surface area contributed by atoms with E-state index in [0.717, 1.165) is 18.3 Å². The second-order valence-electron chi connectivity index (χ2n) is 5.09. The number of hydrazone groups is 1. The number of nitro benzene ring substituents is 1. The van der Waals surface area contributed by atoms with Crippen molar-refractivity contribution < 1.29 is 27.6 Å². The minimum absolute atomic E-state index is 0.0887. The van der Waals surface area contributed by atoms with E-state index in [4.69, 9.17) is 4.74 Å². The molecule has 0 fully saturated rings. The minimum atomic E-state index is -4.57. The number of nitrogens with zero attached hydrogens (tertiary/aromatic N) is 2. The van der Waals surface area contributed by atoms with Crippen LogP contribution in [0.25, 0.3) is 0 Å². The SMILES string of the molecule is COc1c(I)cc(/C=N/NC(=O)c2cccc(C(F)(F)F)c2)cc1[N+](=O)[O-]. The molecule has 0 aromatic heterocycles. The Morgan fingerprint density at radius 1 is 1.33 bits per heavy atom. The smallest absolute Gasteiger partial charge is 0.416 e. The summed E-state index contributed by atoms with van der Waals surface area (Å²) in [5.74, 6) is -0.763. The quantitative estimate of drug-likeness (QED) is 0.295. The lowest BCUT2D eigenvalue weighted by Gasteiger charge is -2.08. The van der Waals surface area contributed by atoms with Crippen molar-refractivity contribution in [3.63, 3.8) is 0 Å². The number of alkyl halides is 3. The second-order valence-corrected chi connectivity index (χ2v) is 6.25. The fraction of sp³-hybridized carbons (Fsp3) is 0.125. The van der Waals surface area contributed by atoms with Gasteiger partial charge in [0.15, 0.2) is 0 Å². The van der Waals surface area contributed by atoms with Gasteiger partial charge in [0.2, 0.25) is 5.75 Å². The lowest BCUT2D eigenvalue weighted by molar-refractivity contribution is -0.385. The Kier molecular flexibility index (Phi) is 6.36. The molecule has 2 aromatic carbocycles. The van der Waals surface area contributed by atoms with Crippen molar-refractivity contribution in [2.24, 2.45) is 5.10 Å². The van der Waals surface area contributed by atoms with Crippen LogP contribution in [0, 0.1) is 13.7 Å². The summed E-state index contributed by atoms with van der Waals surface area (Å²) in [6.45, 7) is 0. The Labute approximate surface area is 164 Å². The van der Waals surface area contributed by atoms with Gasteiger partial charge in [-0.2, -0.15) is 18.3 Å². The van der Waals surface area contributed by atoms with Crippen molar-refractivity contribution >= 4 is 40.4 Å². The molecule has 0 saturated heterocycles. The Bertz CT molecular complexity index is 916. The number of methoxy groups -OCH3 is 1. The third-order valence-electron chi connectivity index (χ3n) is 3.28. The van der Waals surface area contributed by atoms with Crippen LogP contribution in [0.15, 0.2) is 41.5 Å². The van der Waals surface area contributed by atoms with E-state index in [1.165, 1.54) is 25.3 Å². The molecule has 2 aromatic rings. The first kappa shape index (κ1) is 20.6. The average Bonchev–Trinajstić information content (AvgIpc) is 2.60. The number of hydrogen-bond acceptors (Lipinski definition) is 5. The maximum Gasteiger partial charge on any atom is 0.416 e. The van der Waals surface area contributed by atoms with Crippen LogP contribution >= 0.6 is 22.6 Å². The molecular formula is C16H11F3IN3O4. The van der Waals surface area contributed by atoms with E-state index < -0.39 is 22.6 Å². The summed E-state index contributed by atoms with van der Waals surface area (Å²) in [6, 6.07) is 6.59. The number of hydrogen-bond donors (Lipinski definition) is 1. The molecule has 7 nitrogen and oxygen atoms in total. The monoisotopic (exact) mass is 493 g/mol. The van der Waals surface area contributed by atoms with E-state index in [1.54, 1.807) is 0 Å². The van der Waals surface area contributed by atoms with Crippen molar-refractivity contribution in [3.8, 4) is 5.75 Å². The molecule has 27 heavy (non-hydrogen) atoms. The van der Waals surface area contributed by atoms with Gasteiger partial charge in [0.1, 0.15) is 0 Å². The molecule has 142 valence electrons. The molecule has 1 amide bonds. The van der Waals surface area contributed by atoms with Crippen LogP contribution in [-0.2, 0) is 6.18 Å². The fourth-order valence-corrected chi connectivity index (χ4v) is 2.93. The molecule has 0 aliphatic carbocycles. The number of benzene rings is 2. The normalized spacial score (nSPS) is 11.4. The predicted molar refractivity (Wildman–Crippen MR) is 98.9 cm³/mol. The second kappa shape index (κ2) is 8.33. The molecule has 0 atom stereocenters. The highest BCUT2D eigenvalue weighted by Gasteiger charge is 2.30. The molecule has 0 heterocycles. The van der Waals surface area contributed by atoms with E-state index in [1.807, 2.05) is 22.6 Å². The highest BCUT2D eigenvalue weighted by Crippen LogP contribution is 2.33. The number of nitro groups is 1. The van der Waals surface area contributed by atoms with Crippen LogP contribution in [0.2, 0.25) is 0 Å². The Balaban J connectivity index is 2.18. The molecule has 11 heteroatoms. The standard InChI is InChI=1S/C16H11F3IN3O4/c1-27-14-12(20)5-9(6-13(14)23(25)26)8-21-22-15(24)10-3-2-4-11(7-10)16(17,18)19/h2-8H,1H3,(H,22,24)/b21-8+. The lowest BCUT2D eigenvalue weighted by Crippen LogP contribution is -2.18. The van der Waals surface area contributed by atoms with Gasteiger partial charge >= 0.3 is 11.9 Å². The average molecular weight is 493 g/mol. The van der Waals surface area contributed by atoms with Crippen LogP contribution < -0.4 is 10.2 Å². The van der Waals surface area contributed by atoms with Crippen molar-refractivity contribution in [1.29, 1.82) is 0 Å². The molecule has 0 unspecified atom stereocenters. The van der Waals surface area contributed by atoms with Crippen LogP contribution in [0.5, 0.6) is 5.75 Å². The summed E-state index contributed by atoms with van der Waals surface area (Å²) in [5, 5.41) is 14.7. The summed E-state index contributed by atoms with van der Waals surface area (Å²) in [5.41, 5.74) is 0.919. The zero-order valence-electron chi connectivity index (χ0n) is 13.6. The Morgan fingerprint density at radius 3 is 2.63 bits per heavy atom. The highest BCUT2D eigenvalue weighted by atomic mass is 127. The van der Waals surface area contributed by atoms with E-state index in [9.17, 15) is 28.1 Å². The number of rotatable bonds is 5. The van der Waals surface area contributed by atoms with Crippen LogP contribution in [0.3, 0.4) is 0 Å². The molecule has 0 spiro atoms. The van der Waals surface area contributed by atoms with Crippen LogP contribution in [0.4, 0.5) is 18.9 Å².